The van der Waals surface area contributed by atoms with Crippen LogP contribution in [0.5, 0.6) is 0 Å². The summed E-state index contributed by atoms with van der Waals surface area (Å²) in [5, 5.41) is 10.3. The number of halogens is 3. The van der Waals surface area contributed by atoms with Crippen molar-refractivity contribution in [3.63, 3.8) is 0 Å². The van der Waals surface area contributed by atoms with Crippen molar-refractivity contribution >= 4 is 40.8 Å². The van der Waals surface area contributed by atoms with E-state index < -0.39 is 17.5 Å². The van der Waals surface area contributed by atoms with Crippen LogP contribution in [-0.4, -0.2) is 11.5 Å². The Labute approximate surface area is 153 Å². The molecule has 0 spiro atoms. The molecule has 0 atom stereocenters. The lowest BCUT2D eigenvalue weighted by Crippen LogP contribution is -2.03. The second-order valence-corrected chi connectivity index (χ2v) is 6.90. The molecule has 4 nitrogen and oxygen atoms in total. The fourth-order valence-electron chi connectivity index (χ4n) is 2.25. The molecule has 136 valence electrons. The van der Waals surface area contributed by atoms with Crippen molar-refractivity contribution in [2.24, 2.45) is 5.73 Å². The van der Waals surface area contributed by atoms with E-state index in [0.717, 1.165) is 25.1 Å². The van der Waals surface area contributed by atoms with E-state index in [0.29, 0.717) is 22.1 Å². The SMILES string of the molecule is N=C/C(=C\N)c1ccc(Nc2c(NSC3CC3)ccc(F)c2F)c(F)c1. The van der Waals surface area contributed by atoms with Gasteiger partial charge in [-0.05, 0) is 54.6 Å². The standard InChI is InChI=1S/C18H17F3N4S/c19-13-4-6-16(25-26-12-2-3-12)18(17(13)21)24-15-5-1-10(7-14(15)20)11(8-22)9-23/h1,4-9,12,22,24-25H,2-3,23H2/b11-9+,22-8?. The molecule has 0 amide bonds. The van der Waals surface area contributed by atoms with Crippen molar-refractivity contribution in [3.05, 3.63) is 59.5 Å². The zero-order chi connectivity index (χ0) is 18.7. The highest BCUT2D eigenvalue weighted by molar-refractivity contribution is 8.01. The average molecular weight is 378 g/mol. The van der Waals surface area contributed by atoms with Gasteiger partial charge in [-0.3, -0.25) is 0 Å². The van der Waals surface area contributed by atoms with E-state index in [4.69, 9.17) is 11.1 Å². The van der Waals surface area contributed by atoms with Crippen molar-refractivity contribution in [2.75, 3.05) is 10.0 Å². The van der Waals surface area contributed by atoms with Gasteiger partial charge in [0.25, 0.3) is 0 Å². The molecule has 5 N–H and O–H groups in total. The Morgan fingerprint density at radius 2 is 1.85 bits per heavy atom. The summed E-state index contributed by atoms with van der Waals surface area (Å²) in [4.78, 5) is 0. The Bertz CT molecular complexity index is 866. The molecule has 1 saturated carbocycles. The van der Waals surface area contributed by atoms with Gasteiger partial charge in [0.15, 0.2) is 11.6 Å². The van der Waals surface area contributed by atoms with Crippen molar-refractivity contribution in [2.45, 2.75) is 18.1 Å². The van der Waals surface area contributed by atoms with Crippen LogP contribution in [-0.2, 0) is 0 Å². The fourth-order valence-corrected chi connectivity index (χ4v) is 3.08. The lowest BCUT2D eigenvalue weighted by atomic mass is 10.1. The molecule has 2 aromatic rings. The molecule has 0 heterocycles. The Morgan fingerprint density at radius 3 is 2.46 bits per heavy atom. The van der Waals surface area contributed by atoms with E-state index >= 15 is 0 Å². The van der Waals surface area contributed by atoms with Gasteiger partial charge in [0, 0.05) is 23.2 Å². The minimum absolute atomic E-state index is 0.0147. The van der Waals surface area contributed by atoms with Crippen molar-refractivity contribution in [1.82, 2.24) is 0 Å². The molecule has 0 radical (unpaired) electrons. The highest BCUT2D eigenvalue weighted by Gasteiger charge is 2.23. The molecule has 3 rings (SSSR count). The molecule has 8 heteroatoms. The number of hydrogen-bond acceptors (Lipinski definition) is 5. The zero-order valence-corrected chi connectivity index (χ0v) is 14.5. The van der Waals surface area contributed by atoms with Crippen molar-refractivity contribution in [1.29, 1.82) is 5.41 Å². The number of allylic oxidation sites excluding steroid dienone is 1. The molecule has 1 aliphatic carbocycles. The maximum atomic E-state index is 14.4. The van der Waals surface area contributed by atoms with Gasteiger partial charge in [0.2, 0.25) is 0 Å². The highest BCUT2D eigenvalue weighted by Crippen LogP contribution is 2.38. The van der Waals surface area contributed by atoms with Gasteiger partial charge in [-0.25, -0.2) is 13.2 Å². The largest absolute Gasteiger partial charge is 0.404 e. The van der Waals surface area contributed by atoms with Gasteiger partial charge in [-0.1, -0.05) is 6.07 Å². The Hall–Kier alpha value is -2.61. The molecular formula is C18H17F3N4S. The quantitative estimate of drug-likeness (QED) is 0.403. The van der Waals surface area contributed by atoms with Gasteiger partial charge < -0.3 is 21.2 Å². The van der Waals surface area contributed by atoms with Gasteiger partial charge in [0.05, 0.1) is 11.4 Å². The third-order valence-corrected chi connectivity index (χ3v) is 4.99. The van der Waals surface area contributed by atoms with Crippen LogP contribution in [0.25, 0.3) is 5.57 Å². The van der Waals surface area contributed by atoms with Gasteiger partial charge in [-0.15, -0.1) is 0 Å². The molecule has 0 saturated heterocycles. The maximum absolute atomic E-state index is 14.4. The van der Waals surface area contributed by atoms with Gasteiger partial charge in [-0.2, -0.15) is 0 Å². The zero-order valence-electron chi connectivity index (χ0n) is 13.7. The Kier molecular flexibility index (Phi) is 5.41. The monoisotopic (exact) mass is 378 g/mol. The van der Waals surface area contributed by atoms with Gasteiger partial charge >= 0.3 is 0 Å². The number of rotatable bonds is 7. The summed E-state index contributed by atoms with van der Waals surface area (Å²) in [5.74, 6) is -2.78. The molecule has 1 aliphatic rings. The first-order valence-corrected chi connectivity index (χ1v) is 8.80. The fraction of sp³-hybridized carbons (Fsp3) is 0.167. The lowest BCUT2D eigenvalue weighted by Gasteiger charge is -2.15. The number of anilines is 3. The van der Waals surface area contributed by atoms with Crippen LogP contribution in [0.15, 0.2) is 36.5 Å². The molecule has 0 unspecified atom stereocenters. The third-order valence-electron chi connectivity index (χ3n) is 3.85. The molecule has 1 fully saturated rings. The second-order valence-electron chi connectivity index (χ2n) is 5.79. The molecule has 0 aliphatic heterocycles. The summed E-state index contributed by atoms with van der Waals surface area (Å²) in [5.41, 5.74) is 6.31. The van der Waals surface area contributed by atoms with Crippen LogP contribution in [0.1, 0.15) is 18.4 Å². The van der Waals surface area contributed by atoms with E-state index in [1.807, 2.05) is 0 Å². The molecule has 2 aromatic carbocycles. The van der Waals surface area contributed by atoms with E-state index in [9.17, 15) is 13.2 Å². The van der Waals surface area contributed by atoms with Crippen LogP contribution in [0, 0.1) is 22.9 Å². The molecule has 26 heavy (non-hydrogen) atoms. The number of benzene rings is 2. The third kappa shape index (κ3) is 3.96. The van der Waals surface area contributed by atoms with E-state index in [2.05, 4.69) is 10.0 Å². The van der Waals surface area contributed by atoms with Crippen LogP contribution >= 0.6 is 11.9 Å². The minimum Gasteiger partial charge on any atom is -0.404 e. The number of nitrogens with two attached hydrogens (primary N) is 1. The summed E-state index contributed by atoms with van der Waals surface area (Å²) in [7, 11) is 0. The average Bonchev–Trinajstić information content (AvgIpc) is 3.45. The summed E-state index contributed by atoms with van der Waals surface area (Å²) < 4.78 is 45.3. The first-order valence-electron chi connectivity index (χ1n) is 7.92. The Morgan fingerprint density at radius 1 is 1.12 bits per heavy atom. The predicted molar refractivity (Wildman–Crippen MR) is 101 cm³/mol. The minimum atomic E-state index is -1.09. The summed E-state index contributed by atoms with van der Waals surface area (Å²) in [6.07, 6.45) is 4.35. The Balaban J connectivity index is 1.90. The summed E-state index contributed by atoms with van der Waals surface area (Å²) in [6, 6.07) is 6.54. The van der Waals surface area contributed by atoms with Crippen LogP contribution < -0.4 is 15.8 Å². The van der Waals surface area contributed by atoms with Crippen molar-refractivity contribution < 1.29 is 13.2 Å². The van der Waals surface area contributed by atoms with Gasteiger partial charge in [0.1, 0.15) is 11.5 Å². The van der Waals surface area contributed by atoms with E-state index in [1.165, 1.54) is 36.3 Å². The van der Waals surface area contributed by atoms with E-state index in [1.54, 1.807) is 6.07 Å². The molecule has 0 bridgehead atoms. The number of nitrogens with one attached hydrogen (secondary N) is 3. The predicted octanol–water partition coefficient (Wildman–Crippen LogP) is 5.02. The maximum Gasteiger partial charge on any atom is 0.184 e. The highest BCUT2D eigenvalue weighted by atomic mass is 32.2. The first kappa shape index (κ1) is 18.2. The lowest BCUT2D eigenvalue weighted by molar-refractivity contribution is 0.512. The first-order chi connectivity index (χ1) is 12.5. The second kappa shape index (κ2) is 7.74. The number of hydrogen-bond donors (Lipinski definition) is 4. The van der Waals surface area contributed by atoms with Crippen LogP contribution in [0.4, 0.5) is 30.2 Å². The van der Waals surface area contributed by atoms with Crippen LogP contribution in [0.3, 0.4) is 0 Å². The molecular weight excluding hydrogens is 361 g/mol. The van der Waals surface area contributed by atoms with Crippen LogP contribution in [0.2, 0.25) is 0 Å². The summed E-state index contributed by atoms with van der Waals surface area (Å²) >= 11 is 1.43. The van der Waals surface area contributed by atoms with E-state index in [-0.39, 0.29) is 11.4 Å². The van der Waals surface area contributed by atoms with Crippen molar-refractivity contribution in [3.8, 4) is 0 Å². The smallest absolute Gasteiger partial charge is 0.184 e. The molecule has 0 aromatic heterocycles. The summed E-state index contributed by atoms with van der Waals surface area (Å²) in [6.45, 7) is 0. The normalized spacial score (nSPS) is 14.2. The topological polar surface area (TPSA) is 73.9 Å².